The molecule has 82 valence electrons. The molecule has 0 spiro atoms. The summed E-state index contributed by atoms with van der Waals surface area (Å²) in [6, 6.07) is 9.95. The van der Waals surface area contributed by atoms with Crippen LogP contribution in [-0.4, -0.2) is 16.4 Å². The molecule has 4 nitrogen and oxygen atoms in total. The number of nitrogens with zero attached hydrogens (tertiary/aromatic N) is 2. The molecule has 16 heavy (non-hydrogen) atoms. The van der Waals surface area contributed by atoms with E-state index in [-0.39, 0.29) is 0 Å². The van der Waals surface area contributed by atoms with Crippen molar-refractivity contribution in [2.24, 2.45) is 5.90 Å². The Bertz CT molecular complexity index is 446. The van der Waals surface area contributed by atoms with Gasteiger partial charge in [-0.1, -0.05) is 24.3 Å². The summed E-state index contributed by atoms with van der Waals surface area (Å²) in [5.41, 5.74) is 2.14. The van der Waals surface area contributed by atoms with Gasteiger partial charge in [-0.2, -0.15) is 5.10 Å². The molecule has 0 radical (unpaired) electrons. The zero-order chi connectivity index (χ0) is 11.2. The Morgan fingerprint density at radius 1 is 1.31 bits per heavy atom. The fourth-order valence-electron chi connectivity index (χ4n) is 1.40. The Balaban J connectivity index is 2.11. The first kappa shape index (κ1) is 10.6. The Labute approximate surface area is 93.9 Å². The van der Waals surface area contributed by atoms with Crippen LogP contribution in [0.4, 0.5) is 0 Å². The summed E-state index contributed by atoms with van der Waals surface area (Å²) in [5, 5.41) is 4.15. The van der Waals surface area contributed by atoms with Crippen LogP contribution in [-0.2, 0) is 4.84 Å². The van der Waals surface area contributed by atoms with Crippen LogP contribution in [0.5, 0.6) is 0 Å². The van der Waals surface area contributed by atoms with Gasteiger partial charge in [0.25, 0.3) is 0 Å². The summed E-state index contributed by atoms with van der Waals surface area (Å²) in [6.45, 7) is 0.418. The molecule has 1 aromatic carbocycles. The van der Waals surface area contributed by atoms with Gasteiger partial charge in [0.2, 0.25) is 0 Å². The maximum atomic E-state index is 4.92. The molecule has 0 aliphatic rings. The highest BCUT2D eigenvalue weighted by molar-refractivity contribution is 5.51. The largest absolute Gasteiger partial charge is 0.300 e. The third kappa shape index (κ3) is 2.56. The number of hydrogen-bond donors (Lipinski definition) is 1. The van der Waals surface area contributed by atoms with Gasteiger partial charge in [0.1, 0.15) is 0 Å². The summed E-state index contributed by atoms with van der Waals surface area (Å²) >= 11 is 0. The quantitative estimate of drug-likeness (QED) is 0.791. The van der Waals surface area contributed by atoms with E-state index in [1.54, 1.807) is 6.20 Å². The summed E-state index contributed by atoms with van der Waals surface area (Å²) in [6.07, 6.45) is 7.49. The third-order valence-corrected chi connectivity index (χ3v) is 2.16. The van der Waals surface area contributed by atoms with Gasteiger partial charge < -0.3 is 4.84 Å². The van der Waals surface area contributed by atoms with Crippen molar-refractivity contribution in [2.45, 2.75) is 0 Å². The van der Waals surface area contributed by atoms with Crippen molar-refractivity contribution in [1.82, 2.24) is 9.78 Å². The van der Waals surface area contributed by atoms with Gasteiger partial charge in [-0.3, -0.25) is 0 Å². The van der Waals surface area contributed by atoms with Crippen LogP contribution in [0, 0.1) is 0 Å². The zero-order valence-electron chi connectivity index (χ0n) is 8.78. The number of nitrogens with two attached hydrogens (primary N) is 1. The number of aromatic nitrogens is 2. The van der Waals surface area contributed by atoms with Crippen molar-refractivity contribution < 1.29 is 4.84 Å². The Kier molecular flexibility index (Phi) is 3.48. The standard InChI is InChI=1S/C12H13N3O/c13-16-10-1-3-11-4-6-12(7-5-11)15-9-2-8-14-15/h1-9H,10,13H2. The normalized spacial score (nSPS) is 11.1. The van der Waals surface area contributed by atoms with Crippen molar-refractivity contribution in [3.05, 3.63) is 54.4 Å². The average molecular weight is 215 g/mol. The molecule has 4 heteroatoms. The van der Waals surface area contributed by atoms with Gasteiger partial charge in [0.15, 0.2) is 0 Å². The van der Waals surface area contributed by atoms with Gasteiger partial charge in [0, 0.05) is 12.4 Å². The van der Waals surface area contributed by atoms with Crippen molar-refractivity contribution in [3.8, 4) is 5.69 Å². The molecule has 0 amide bonds. The van der Waals surface area contributed by atoms with Crippen LogP contribution in [0.15, 0.2) is 48.8 Å². The van der Waals surface area contributed by atoms with E-state index in [2.05, 4.69) is 9.94 Å². The first-order valence-corrected chi connectivity index (χ1v) is 4.98. The van der Waals surface area contributed by atoms with Crippen molar-refractivity contribution >= 4 is 6.08 Å². The highest BCUT2D eigenvalue weighted by Gasteiger charge is 1.94. The molecule has 0 unspecified atom stereocenters. The van der Waals surface area contributed by atoms with Crippen LogP contribution in [0.3, 0.4) is 0 Å². The number of rotatable bonds is 4. The van der Waals surface area contributed by atoms with E-state index in [1.807, 2.05) is 53.4 Å². The zero-order valence-corrected chi connectivity index (χ0v) is 8.78. The van der Waals surface area contributed by atoms with E-state index in [0.29, 0.717) is 6.61 Å². The molecule has 1 aromatic heterocycles. The minimum atomic E-state index is 0.418. The van der Waals surface area contributed by atoms with E-state index in [1.165, 1.54) is 0 Å². The van der Waals surface area contributed by atoms with Crippen LogP contribution in [0.2, 0.25) is 0 Å². The molecule has 2 aromatic rings. The van der Waals surface area contributed by atoms with E-state index >= 15 is 0 Å². The molecule has 0 saturated carbocycles. The SMILES string of the molecule is NOCC=Cc1ccc(-n2cccn2)cc1. The third-order valence-electron chi connectivity index (χ3n) is 2.16. The molecule has 0 fully saturated rings. The van der Waals surface area contributed by atoms with Crippen LogP contribution in [0.1, 0.15) is 5.56 Å². The highest BCUT2D eigenvalue weighted by Crippen LogP contribution is 2.09. The summed E-state index contributed by atoms with van der Waals surface area (Å²) in [7, 11) is 0. The molecule has 0 bridgehead atoms. The second kappa shape index (κ2) is 5.25. The van der Waals surface area contributed by atoms with Gasteiger partial charge in [-0.15, -0.1) is 0 Å². The van der Waals surface area contributed by atoms with E-state index in [0.717, 1.165) is 11.3 Å². The van der Waals surface area contributed by atoms with Gasteiger partial charge in [-0.25, -0.2) is 10.6 Å². The van der Waals surface area contributed by atoms with E-state index in [4.69, 9.17) is 5.90 Å². The lowest BCUT2D eigenvalue weighted by Gasteiger charge is -2.01. The fourth-order valence-corrected chi connectivity index (χ4v) is 1.40. The molecule has 0 saturated heterocycles. The van der Waals surface area contributed by atoms with E-state index in [9.17, 15) is 0 Å². The molecule has 2 rings (SSSR count). The second-order valence-electron chi connectivity index (χ2n) is 3.28. The molecular formula is C12H13N3O. The van der Waals surface area contributed by atoms with Crippen molar-refractivity contribution in [2.75, 3.05) is 6.61 Å². The lowest BCUT2D eigenvalue weighted by Crippen LogP contribution is -1.97. The van der Waals surface area contributed by atoms with Crippen molar-refractivity contribution in [1.29, 1.82) is 0 Å². The van der Waals surface area contributed by atoms with Crippen molar-refractivity contribution in [3.63, 3.8) is 0 Å². The lowest BCUT2D eigenvalue weighted by atomic mass is 10.2. The van der Waals surface area contributed by atoms with E-state index < -0.39 is 0 Å². The van der Waals surface area contributed by atoms with Crippen LogP contribution < -0.4 is 5.90 Å². The monoisotopic (exact) mass is 215 g/mol. The predicted molar refractivity (Wildman–Crippen MR) is 62.7 cm³/mol. The Hall–Kier alpha value is -1.91. The number of hydrogen-bond acceptors (Lipinski definition) is 3. The molecule has 0 aliphatic carbocycles. The second-order valence-corrected chi connectivity index (χ2v) is 3.28. The Morgan fingerprint density at radius 3 is 2.75 bits per heavy atom. The summed E-state index contributed by atoms with van der Waals surface area (Å²) in [5.74, 6) is 4.92. The number of benzene rings is 1. The minimum absolute atomic E-state index is 0.418. The Morgan fingerprint density at radius 2 is 2.12 bits per heavy atom. The maximum Gasteiger partial charge on any atom is 0.0864 e. The molecular weight excluding hydrogens is 202 g/mol. The summed E-state index contributed by atoms with van der Waals surface area (Å²) < 4.78 is 1.82. The molecule has 0 atom stereocenters. The first-order valence-electron chi connectivity index (χ1n) is 4.98. The summed E-state index contributed by atoms with van der Waals surface area (Å²) in [4.78, 5) is 4.45. The van der Waals surface area contributed by atoms with Gasteiger partial charge in [-0.05, 0) is 23.8 Å². The van der Waals surface area contributed by atoms with Gasteiger partial charge in [0.05, 0.1) is 12.3 Å². The molecule has 0 aliphatic heterocycles. The van der Waals surface area contributed by atoms with Crippen LogP contribution in [0.25, 0.3) is 11.8 Å². The smallest absolute Gasteiger partial charge is 0.0864 e. The minimum Gasteiger partial charge on any atom is -0.300 e. The molecule has 2 N–H and O–H groups in total. The highest BCUT2D eigenvalue weighted by atomic mass is 16.6. The van der Waals surface area contributed by atoms with Gasteiger partial charge >= 0.3 is 0 Å². The van der Waals surface area contributed by atoms with Crippen LogP contribution >= 0.6 is 0 Å². The maximum absolute atomic E-state index is 4.92. The molecule has 1 heterocycles. The fraction of sp³-hybridized carbons (Fsp3) is 0.0833. The average Bonchev–Trinajstić information content (AvgIpc) is 2.84. The topological polar surface area (TPSA) is 53.1 Å². The first-order chi connectivity index (χ1) is 7.90. The predicted octanol–water partition coefficient (Wildman–Crippen LogP) is 1.78. The lowest BCUT2D eigenvalue weighted by molar-refractivity contribution is 0.168.